The van der Waals surface area contributed by atoms with Gasteiger partial charge in [-0.25, -0.2) is 72.9 Å². The van der Waals surface area contributed by atoms with Gasteiger partial charge in [0.2, 0.25) is 17.7 Å². The molecule has 43 nitrogen and oxygen atoms in total. The molecule has 0 unspecified atom stereocenters. The van der Waals surface area contributed by atoms with E-state index in [-0.39, 0.29) is 58.0 Å². The normalized spacial score (nSPS) is 15.7. The largest absolute Gasteiger partial charge is 0.381 e. The maximum atomic E-state index is 12.8. The van der Waals surface area contributed by atoms with Gasteiger partial charge in [0, 0.05) is 191 Å². The lowest BCUT2D eigenvalue weighted by atomic mass is 9.99. The summed E-state index contributed by atoms with van der Waals surface area (Å²) < 4.78 is 50.8. The molecule has 6 aliphatic rings. The Morgan fingerprint density at radius 3 is 0.987 bits per heavy atom. The van der Waals surface area contributed by atoms with Crippen molar-refractivity contribution < 1.29 is 32.9 Å². The van der Waals surface area contributed by atoms with E-state index in [1.807, 2.05) is 181 Å². The number of rotatable bonds is 21. The maximum Gasteiger partial charge on any atom is 0.262 e. The number of aromatic nitrogens is 30. The molecule has 5 aromatic carbocycles. The molecule has 764 valence electrons. The maximum absolute atomic E-state index is 12.8. The highest BCUT2D eigenvalue weighted by Gasteiger charge is 2.30. The number of fused-ring (bicyclic) bond motifs is 5. The molecule has 21 heterocycles. The first-order valence-corrected chi connectivity index (χ1v) is 50.5. The van der Waals surface area contributed by atoms with Crippen LogP contribution in [0.3, 0.4) is 0 Å². The van der Waals surface area contributed by atoms with Crippen molar-refractivity contribution in [2.75, 3.05) is 97.3 Å². The molecule has 43 heteroatoms. The van der Waals surface area contributed by atoms with E-state index in [1.54, 1.807) is 61.2 Å². The molecule has 0 spiro atoms. The van der Waals surface area contributed by atoms with Gasteiger partial charge in [-0.15, -0.1) is 0 Å². The van der Waals surface area contributed by atoms with Gasteiger partial charge in [0.25, 0.3) is 27.8 Å². The average Bonchev–Trinajstić information content (AvgIpc) is 1.71. The van der Waals surface area contributed by atoms with Crippen LogP contribution in [0.25, 0.3) is 106 Å². The summed E-state index contributed by atoms with van der Waals surface area (Å²) in [5.41, 5.74) is 15.3. The zero-order valence-electron chi connectivity index (χ0n) is 82.6. The minimum atomic E-state index is -0.184. The van der Waals surface area contributed by atoms with Crippen LogP contribution in [-0.2, 0) is 67.6 Å². The molecule has 20 aromatic rings. The van der Waals surface area contributed by atoms with Crippen LogP contribution in [-0.4, -0.2) is 241 Å². The van der Waals surface area contributed by atoms with Crippen molar-refractivity contribution >= 4 is 61.1 Å². The molecule has 26 rings (SSSR count). The zero-order chi connectivity index (χ0) is 102. The molecule has 0 aliphatic carbocycles. The topological polar surface area (TPSA) is 503 Å². The van der Waals surface area contributed by atoms with Gasteiger partial charge in [0.1, 0.15) is 62.4 Å². The van der Waals surface area contributed by atoms with E-state index in [1.165, 1.54) is 6.33 Å². The first kappa shape index (κ1) is 97.8. The first-order chi connectivity index (χ1) is 73.7. The number of aromatic amines is 5. The quantitative estimate of drug-likeness (QED) is 0.0446. The fraction of sp³-hybridized carbons (Fsp3) is 0.336. The van der Waals surface area contributed by atoms with Crippen LogP contribution in [0.2, 0.25) is 0 Å². The molecule has 0 atom stereocenters. The second-order valence-electron chi connectivity index (χ2n) is 37.5. The van der Waals surface area contributed by atoms with Gasteiger partial charge in [-0.3, -0.25) is 28.7 Å². The number of morpholine rings is 1. The van der Waals surface area contributed by atoms with Crippen molar-refractivity contribution in [3.8, 4) is 50.5 Å². The number of benzene rings is 5. The van der Waals surface area contributed by atoms with Crippen molar-refractivity contribution in [3.63, 3.8) is 0 Å². The summed E-state index contributed by atoms with van der Waals surface area (Å²) in [7, 11) is 1.90. The third-order valence-corrected chi connectivity index (χ3v) is 27.7. The Kier molecular flexibility index (Phi) is 29.5. The molecular formula is C107H109N31O12. The summed E-state index contributed by atoms with van der Waals surface area (Å²) in [5, 5.41) is 37.5. The highest BCUT2D eigenvalue weighted by Crippen LogP contribution is 2.35. The molecule has 15 aromatic heterocycles. The number of nitrogens with zero attached hydrogens (tertiary/aromatic N) is 26. The van der Waals surface area contributed by atoms with Crippen molar-refractivity contribution in [1.29, 1.82) is 0 Å². The second-order valence-corrected chi connectivity index (χ2v) is 37.5. The van der Waals surface area contributed by atoms with Crippen molar-refractivity contribution in [3.05, 3.63) is 329 Å². The van der Waals surface area contributed by atoms with Crippen molar-refractivity contribution in [2.45, 2.75) is 133 Å². The summed E-state index contributed by atoms with van der Waals surface area (Å²) in [4.78, 5) is 126. The van der Waals surface area contributed by atoms with Gasteiger partial charge < -0.3 is 62.8 Å². The van der Waals surface area contributed by atoms with Crippen molar-refractivity contribution in [1.82, 2.24) is 148 Å². The Bertz CT molecular complexity index is 8220. The standard InChI is InChI=1S/C25H27N7O3.C21H22N6O2.C21H20N6O2.C20H20N6O3.C20H20N6O2/c33-24-21-16-28-32(19-5-9-34-10-6-19)23(21)29-22(30-24)13-17-3-1-2-4-20(17)18-14-26-25(27-15-18)31-7-11-35-12-8-31;1-26-13-15(11-22-26)17-5-3-2-4-14(17)10-19-24-20-18(21(28)25-19)12-23-27(20)16-6-8-29-9-7-16;28-21-18-12-24-27(16-5-7-29-8-6-16)20(18)25-19(26-21)9-14-3-1-2-4-17(14)15-10-22-13-23-11-15;1-12-22-18(25-29-12)15-5-3-2-4-13(15)10-17-23-19-16(20(27)24-17)11-21-26(19)14-6-8-28-9-7-14;27-20-16-13-22-26(15-6-10-28-11-7-15)19(16)23-18(24-20)12-14-4-1-2-5-17(14)25-9-3-8-21-25/h1-4,14-16,19H,5-13H2,(H,29,30,33);2-5,11-13,16H,6-10H2,1H3,(H,24,25,28);1-4,10-13,16H,5-9H2,(H,25,26,28);2-5,11,14H,6-10H2,1H3,(H,23,24,27);1-5,8-9,13,15H,6-7,10-12H2,(H,23,24,27). The molecule has 5 N–H and O–H groups in total. The van der Waals surface area contributed by atoms with E-state index < -0.39 is 0 Å². The average molecular weight is 2020 g/mol. The second kappa shape index (κ2) is 45.2. The fourth-order valence-electron chi connectivity index (χ4n) is 20.1. The van der Waals surface area contributed by atoms with Crippen LogP contribution < -0.4 is 32.7 Å². The third-order valence-electron chi connectivity index (χ3n) is 27.7. The van der Waals surface area contributed by atoms with Gasteiger partial charge in [0.15, 0.2) is 28.2 Å². The SMILES string of the molecule is Cc1nc(-c2ccccc2Cc2nc3c(cnn3C3CCOCC3)c(=O)[nH]2)no1.Cn1cc(-c2ccccc2Cc2nc3c(cnn3C3CCOCC3)c(=O)[nH]2)cn1.O=c1[nH]c(Cc2ccccc2-c2cnc(N3CCOCC3)nc2)nc2c1cnn2C1CCOCC1.O=c1[nH]c(Cc2ccccc2-c2cncnc2)nc2c1cnn2C1CCOCC1.O=c1[nH]c(Cc2ccccc2-n2cccn2)nc2c1cnn2C1CCOCC1. The third kappa shape index (κ3) is 21.9. The molecule has 6 fully saturated rings. The summed E-state index contributed by atoms with van der Waals surface area (Å²) >= 11 is 0. The predicted octanol–water partition coefficient (Wildman–Crippen LogP) is 12.0. The highest BCUT2D eigenvalue weighted by molar-refractivity contribution is 5.78. The molecule has 0 radical (unpaired) electrons. The molecule has 0 amide bonds. The number of anilines is 1. The zero-order valence-corrected chi connectivity index (χ0v) is 82.6. The van der Waals surface area contributed by atoms with E-state index in [9.17, 15) is 24.0 Å². The highest BCUT2D eigenvalue weighted by atomic mass is 16.5. The molecule has 0 bridgehead atoms. The van der Waals surface area contributed by atoms with Crippen LogP contribution in [0.15, 0.2) is 243 Å². The van der Waals surface area contributed by atoms with E-state index in [0.29, 0.717) is 213 Å². The summed E-state index contributed by atoms with van der Waals surface area (Å²) in [6.07, 6.45) is 35.5. The Labute approximate surface area is 855 Å². The van der Waals surface area contributed by atoms with Gasteiger partial charge in [-0.05, 0) is 121 Å². The van der Waals surface area contributed by atoms with Gasteiger partial charge in [0.05, 0.1) is 86.3 Å². The van der Waals surface area contributed by atoms with E-state index >= 15 is 0 Å². The molecule has 150 heavy (non-hydrogen) atoms. The number of H-pyrrole nitrogens is 5. The first-order valence-electron chi connectivity index (χ1n) is 50.5. The number of hydrogen-bond acceptors (Lipinski definition) is 31. The number of nitrogens with one attached hydrogen (secondary N) is 5. The molecule has 0 saturated carbocycles. The molecular weight excluding hydrogens is 1910 g/mol. The Morgan fingerprint density at radius 1 is 0.327 bits per heavy atom. The molecule has 6 aliphatic heterocycles. The lowest BCUT2D eigenvalue weighted by Gasteiger charge is -2.26. The van der Waals surface area contributed by atoms with Crippen LogP contribution >= 0.6 is 0 Å². The Hall–Kier alpha value is -16.9. The Balaban J connectivity index is 0.000000106. The number of aryl methyl sites for hydroxylation is 2. The van der Waals surface area contributed by atoms with Crippen LogP contribution in [0.1, 0.15) is 157 Å². The smallest absolute Gasteiger partial charge is 0.262 e. The number of hydrogen-bond donors (Lipinski definition) is 5. The molecule has 6 saturated heterocycles. The van der Waals surface area contributed by atoms with Gasteiger partial charge >= 0.3 is 0 Å². The van der Waals surface area contributed by atoms with Crippen LogP contribution in [0.5, 0.6) is 0 Å². The number of para-hydroxylation sites is 1. The minimum Gasteiger partial charge on any atom is -0.381 e. The minimum absolute atomic E-state index is 0.151. The van der Waals surface area contributed by atoms with E-state index in [2.05, 4.69) is 108 Å². The van der Waals surface area contributed by atoms with Gasteiger partial charge in [-0.1, -0.05) is 120 Å². The fourth-order valence-corrected chi connectivity index (χ4v) is 20.1. The lowest BCUT2D eigenvalue weighted by molar-refractivity contribution is 0.0672. The number of ether oxygens (including phenoxy) is 6. The van der Waals surface area contributed by atoms with Gasteiger partial charge in [-0.2, -0.15) is 40.7 Å². The van der Waals surface area contributed by atoms with E-state index in [4.69, 9.17) is 57.9 Å². The summed E-state index contributed by atoms with van der Waals surface area (Å²) in [5.74, 6) is 4.78. The Morgan fingerprint density at radius 2 is 0.647 bits per heavy atom. The van der Waals surface area contributed by atoms with Crippen molar-refractivity contribution in [2.24, 2.45) is 7.05 Å². The monoisotopic (exact) mass is 2020 g/mol. The van der Waals surface area contributed by atoms with Crippen LogP contribution in [0.4, 0.5) is 5.95 Å². The van der Waals surface area contributed by atoms with Crippen LogP contribution in [0, 0.1) is 6.92 Å². The summed E-state index contributed by atoms with van der Waals surface area (Å²) in [6, 6.07) is 42.9. The summed E-state index contributed by atoms with van der Waals surface area (Å²) in [6.45, 7) is 11.7. The predicted molar refractivity (Wildman–Crippen MR) is 555 cm³/mol. The van der Waals surface area contributed by atoms with E-state index in [0.717, 1.165) is 150 Å². The lowest BCUT2D eigenvalue weighted by Crippen LogP contribution is -2.37.